The van der Waals surface area contributed by atoms with E-state index in [-0.39, 0.29) is 11.5 Å². The number of nitrogens with two attached hydrogens (primary N) is 1. The molecular formula is C10H12N2O2. The second-order valence-electron chi connectivity index (χ2n) is 2.94. The molecule has 4 nitrogen and oxygen atoms in total. The van der Waals surface area contributed by atoms with E-state index in [4.69, 9.17) is 5.73 Å². The molecule has 0 saturated heterocycles. The lowest BCUT2D eigenvalue weighted by Gasteiger charge is -2.07. The molecule has 0 radical (unpaired) electrons. The third kappa shape index (κ3) is 2.16. The summed E-state index contributed by atoms with van der Waals surface area (Å²) in [5.74, 6) is -1.66. The Morgan fingerprint density at radius 3 is 2.64 bits per heavy atom. The average Bonchev–Trinajstić information content (AvgIpc) is 2.19. The van der Waals surface area contributed by atoms with Crippen LogP contribution in [0.25, 0.3) is 0 Å². The molecule has 14 heavy (non-hydrogen) atoms. The van der Waals surface area contributed by atoms with Crippen LogP contribution in [0.4, 0.5) is 0 Å². The van der Waals surface area contributed by atoms with Crippen molar-refractivity contribution in [2.45, 2.75) is 13.3 Å². The fourth-order valence-corrected chi connectivity index (χ4v) is 1.20. The molecular weight excluding hydrogens is 180 g/mol. The van der Waals surface area contributed by atoms with Crippen molar-refractivity contribution in [3.05, 3.63) is 30.1 Å². The topological polar surface area (TPSA) is 73.1 Å². The molecule has 1 aromatic heterocycles. The molecule has 0 spiro atoms. The van der Waals surface area contributed by atoms with Gasteiger partial charge in [-0.3, -0.25) is 14.6 Å². The van der Waals surface area contributed by atoms with E-state index in [1.54, 1.807) is 25.1 Å². The van der Waals surface area contributed by atoms with E-state index in [1.807, 2.05) is 0 Å². The van der Waals surface area contributed by atoms with E-state index < -0.39 is 11.8 Å². The number of hydrogen-bond acceptors (Lipinski definition) is 3. The van der Waals surface area contributed by atoms with Crippen molar-refractivity contribution in [2.24, 2.45) is 11.7 Å². The van der Waals surface area contributed by atoms with Gasteiger partial charge in [-0.05, 0) is 18.6 Å². The highest BCUT2D eigenvalue weighted by Crippen LogP contribution is 2.09. The molecule has 0 saturated carbocycles. The van der Waals surface area contributed by atoms with Gasteiger partial charge < -0.3 is 5.73 Å². The van der Waals surface area contributed by atoms with Gasteiger partial charge >= 0.3 is 0 Å². The number of rotatable bonds is 4. The van der Waals surface area contributed by atoms with Crippen LogP contribution in [0.5, 0.6) is 0 Å². The molecule has 1 rings (SSSR count). The van der Waals surface area contributed by atoms with Crippen LogP contribution >= 0.6 is 0 Å². The lowest BCUT2D eigenvalue weighted by Crippen LogP contribution is -2.30. The SMILES string of the molecule is CCC(C(N)=O)C(=O)c1ccccn1. The number of pyridine rings is 1. The molecule has 0 aromatic carbocycles. The number of hydrogen-bond donors (Lipinski definition) is 1. The number of amides is 1. The number of carbonyl (C=O) groups is 2. The summed E-state index contributed by atoms with van der Waals surface area (Å²) in [4.78, 5) is 26.4. The summed E-state index contributed by atoms with van der Waals surface area (Å²) in [6.45, 7) is 1.75. The number of primary amides is 1. The maximum Gasteiger partial charge on any atom is 0.228 e. The average molecular weight is 192 g/mol. The summed E-state index contributed by atoms with van der Waals surface area (Å²) in [5.41, 5.74) is 5.39. The Morgan fingerprint density at radius 1 is 1.50 bits per heavy atom. The fraction of sp³-hybridized carbons (Fsp3) is 0.300. The standard InChI is InChI=1S/C10H12N2O2/c1-2-7(10(11)14)9(13)8-5-3-4-6-12-8/h3-7H,2H2,1H3,(H2,11,14). The van der Waals surface area contributed by atoms with Gasteiger partial charge in [-0.2, -0.15) is 0 Å². The summed E-state index contributed by atoms with van der Waals surface area (Å²) in [6, 6.07) is 4.99. The predicted molar refractivity (Wildman–Crippen MR) is 51.5 cm³/mol. The van der Waals surface area contributed by atoms with E-state index in [9.17, 15) is 9.59 Å². The Hall–Kier alpha value is -1.71. The molecule has 0 aliphatic rings. The van der Waals surface area contributed by atoms with Gasteiger partial charge in [-0.15, -0.1) is 0 Å². The molecule has 1 aromatic rings. The van der Waals surface area contributed by atoms with Crippen molar-refractivity contribution >= 4 is 11.7 Å². The van der Waals surface area contributed by atoms with E-state index >= 15 is 0 Å². The Bertz CT molecular complexity index is 335. The molecule has 74 valence electrons. The zero-order valence-electron chi connectivity index (χ0n) is 7.93. The third-order valence-electron chi connectivity index (χ3n) is 1.99. The molecule has 2 N–H and O–H groups in total. The minimum atomic E-state index is -0.759. The smallest absolute Gasteiger partial charge is 0.228 e. The molecule has 1 amide bonds. The van der Waals surface area contributed by atoms with Gasteiger partial charge in [-0.25, -0.2) is 0 Å². The monoisotopic (exact) mass is 192 g/mol. The Kier molecular flexibility index (Phi) is 3.34. The normalized spacial score (nSPS) is 12.1. The van der Waals surface area contributed by atoms with Crippen molar-refractivity contribution < 1.29 is 9.59 Å². The van der Waals surface area contributed by atoms with Gasteiger partial charge in [0.05, 0.1) is 0 Å². The van der Waals surface area contributed by atoms with Gasteiger partial charge in [0.15, 0.2) is 5.78 Å². The highest BCUT2D eigenvalue weighted by Gasteiger charge is 2.23. The summed E-state index contributed by atoms with van der Waals surface area (Å²) >= 11 is 0. The minimum absolute atomic E-state index is 0.290. The highest BCUT2D eigenvalue weighted by molar-refractivity contribution is 6.08. The van der Waals surface area contributed by atoms with E-state index in [2.05, 4.69) is 4.98 Å². The Labute approximate surface area is 82.1 Å². The number of carbonyl (C=O) groups excluding carboxylic acids is 2. The number of ketones is 1. The minimum Gasteiger partial charge on any atom is -0.369 e. The van der Waals surface area contributed by atoms with Crippen molar-refractivity contribution in [2.75, 3.05) is 0 Å². The molecule has 0 bridgehead atoms. The number of Topliss-reactive ketones (excluding diaryl/α,β-unsaturated/α-hetero) is 1. The molecule has 0 aliphatic heterocycles. The predicted octanol–water partition coefficient (Wildman–Crippen LogP) is 0.776. The zero-order valence-corrected chi connectivity index (χ0v) is 7.93. The van der Waals surface area contributed by atoms with Crippen LogP contribution in [-0.4, -0.2) is 16.7 Å². The van der Waals surface area contributed by atoms with Gasteiger partial charge in [0.25, 0.3) is 0 Å². The first-order chi connectivity index (χ1) is 6.66. The van der Waals surface area contributed by atoms with Gasteiger partial charge in [-0.1, -0.05) is 13.0 Å². The van der Waals surface area contributed by atoms with Crippen molar-refractivity contribution in [1.82, 2.24) is 4.98 Å². The van der Waals surface area contributed by atoms with E-state index in [1.165, 1.54) is 6.20 Å². The molecule has 1 atom stereocenters. The fourth-order valence-electron chi connectivity index (χ4n) is 1.20. The summed E-state index contributed by atoms with van der Waals surface area (Å²) in [6.07, 6.45) is 1.92. The van der Waals surface area contributed by atoms with Crippen molar-refractivity contribution in [1.29, 1.82) is 0 Å². The summed E-state index contributed by atoms with van der Waals surface area (Å²) in [7, 11) is 0. The number of aromatic nitrogens is 1. The first-order valence-electron chi connectivity index (χ1n) is 4.41. The van der Waals surface area contributed by atoms with Gasteiger partial charge in [0.2, 0.25) is 5.91 Å². The van der Waals surface area contributed by atoms with Crippen LogP contribution in [0.15, 0.2) is 24.4 Å². The van der Waals surface area contributed by atoms with Crippen molar-refractivity contribution in [3.63, 3.8) is 0 Å². The quantitative estimate of drug-likeness (QED) is 0.565. The van der Waals surface area contributed by atoms with Crippen LogP contribution in [0.2, 0.25) is 0 Å². The molecule has 0 aliphatic carbocycles. The first-order valence-corrected chi connectivity index (χ1v) is 4.41. The number of nitrogens with zero attached hydrogens (tertiary/aromatic N) is 1. The molecule has 1 unspecified atom stereocenters. The highest BCUT2D eigenvalue weighted by atomic mass is 16.2. The second kappa shape index (κ2) is 4.50. The summed E-state index contributed by atoms with van der Waals surface area (Å²) in [5, 5.41) is 0. The molecule has 4 heteroatoms. The second-order valence-corrected chi connectivity index (χ2v) is 2.94. The van der Waals surface area contributed by atoms with E-state index in [0.717, 1.165) is 0 Å². The lowest BCUT2D eigenvalue weighted by atomic mass is 9.98. The maximum atomic E-state index is 11.7. The zero-order chi connectivity index (χ0) is 10.6. The van der Waals surface area contributed by atoms with Crippen LogP contribution in [0, 0.1) is 5.92 Å². The van der Waals surface area contributed by atoms with Crippen LogP contribution < -0.4 is 5.73 Å². The largest absolute Gasteiger partial charge is 0.369 e. The maximum absolute atomic E-state index is 11.7. The summed E-state index contributed by atoms with van der Waals surface area (Å²) < 4.78 is 0. The van der Waals surface area contributed by atoms with Crippen LogP contribution in [0.3, 0.4) is 0 Å². The van der Waals surface area contributed by atoms with Gasteiger partial charge in [0.1, 0.15) is 11.6 Å². The van der Waals surface area contributed by atoms with Crippen LogP contribution in [0.1, 0.15) is 23.8 Å². The lowest BCUT2D eigenvalue weighted by molar-refractivity contribution is -0.120. The van der Waals surface area contributed by atoms with Gasteiger partial charge in [0, 0.05) is 6.20 Å². The first kappa shape index (κ1) is 10.4. The molecule has 0 fully saturated rings. The Balaban J connectivity index is 2.89. The Morgan fingerprint density at radius 2 is 2.21 bits per heavy atom. The van der Waals surface area contributed by atoms with Crippen LogP contribution in [-0.2, 0) is 4.79 Å². The van der Waals surface area contributed by atoms with Crippen molar-refractivity contribution in [3.8, 4) is 0 Å². The van der Waals surface area contributed by atoms with E-state index in [0.29, 0.717) is 6.42 Å². The third-order valence-corrected chi connectivity index (χ3v) is 1.99. The molecule has 1 heterocycles.